The van der Waals surface area contributed by atoms with Crippen molar-refractivity contribution in [3.63, 3.8) is 0 Å². The van der Waals surface area contributed by atoms with Crippen LogP contribution in [-0.2, 0) is 10.0 Å². The van der Waals surface area contributed by atoms with E-state index in [9.17, 15) is 13.2 Å². The Morgan fingerprint density at radius 2 is 1.77 bits per heavy atom. The maximum atomic E-state index is 12.7. The number of hydrogen-bond acceptors (Lipinski definition) is 3. The van der Waals surface area contributed by atoms with E-state index in [2.05, 4.69) is 26.0 Å². The van der Waals surface area contributed by atoms with Crippen LogP contribution in [0.5, 0.6) is 0 Å². The van der Waals surface area contributed by atoms with Gasteiger partial charge in [-0.25, -0.2) is 13.1 Å². The molecule has 0 aromatic heterocycles. The van der Waals surface area contributed by atoms with Gasteiger partial charge in [-0.2, -0.15) is 0 Å². The highest BCUT2D eigenvalue weighted by atomic mass is 79.9. The van der Waals surface area contributed by atoms with Crippen molar-refractivity contribution in [1.82, 2.24) is 10.0 Å². The maximum absolute atomic E-state index is 12.7. The van der Waals surface area contributed by atoms with Gasteiger partial charge in [-0.3, -0.25) is 4.79 Å². The molecule has 1 aromatic rings. The number of sulfonamides is 1. The molecule has 0 unspecified atom stereocenters. The summed E-state index contributed by atoms with van der Waals surface area (Å²) in [6.07, 6.45) is 7.92. The molecule has 0 atom stereocenters. The lowest BCUT2D eigenvalue weighted by molar-refractivity contribution is 0.0929. The molecule has 0 heterocycles. The molecular formula is C19H29BrN2O3S. The lowest BCUT2D eigenvalue weighted by Crippen LogP contribution is -2.35. The lowest BCUT2D eigenvalue weighted by atomic mass is 9.96. The molecule has 0 spiro atoms. The number of carbonyl (C=O) groups is 1. The molecule has 1 amide bonds. The van der Waals surface area contributed by atoms with Crippen molar-refractivity contribution in [3.8, 4) is 0 Å². The van der Waals surface area contributed by atoms with Crippen LogP contribution in [0.2, 0.25) is 0 Å². The maximum Gasteiger partial charge on any atom is 0.252 e. The Bertz CT molecular complexity index is 711. The summed E-state index contributed by atoms with van der Waals surface area (Å²) < 4.78 is 28.1. The third-order valence-corrected chi connectivity index (χ3v) is 6.73. The largest absolute Gasteiger partial charge is 0.349 e. The summed E-state index contributed by atoms with van der Waals surface area (Å²) in [5.74, 6) is -0.00864. The molecule has 1 aromatic carbocycles. The Hall–Kier alpha value is -0.920. The second-order valence-electron chi connectivity index (χ2n) is 7.40. The molecule has 146 valence electrons. The zero-order chi connectivity index (χ0) is 19.2. The topological polar surface area (TPSA) is 75.3 Å². The number of carbonyl (C=O) groups excluding carboxylic acids is 1. The van der Waals surface area contributed by atoms with Crippen molar-refractivity contribution in [3.05, 3.63) is 28.2 Å². The first kappa shape index (κ1) is 21.4. The van der Waals surface area contributed by atoms with E-state index in [0.717, 1.165) is 25.7 Å². The zero-order valence-electron chi connectivity index (χ0n) is 15.6. The lowest BCUT2D eigenvalue weighted by Gasteiger charge is -2.21. The molecule has 2 N–H and O–H groups in total. The average molecular weight is 445 g/mol. The Morgan fingerprint density at radius 1 is 1.15 bits per heavy atom. The summed E-state index contributed by atoms with van der Waals surface area (Å²) in [7, 11) is -3.62. The minimum atomic E-state index is -3.62. The predicted molar refractivity (Wildman–Crippen MR) is 108 cm³/mol. The van der Waals surface area contributed by atoms with Gasteiger partial charge < -0.3 is 5.32 Å². The number of nitrogens with one attached hydrogen (secondary N) is 2. The van der Waals surface area contributed by atoms with Crippen LogP contribution in [0, 0.1) is 5.92 Å². The first-order valence-corrected chi connectivity index (χ1v) is 11.7. The van der Waals surface area contributed by atoms with Gasteiger partial charge in [0.05, 0.1) is 10.5 Å². The third kappa shape index (κ3) is 6.35. The molecule has 0 radical (unpaired) electrons. The number of benzene rings is 1. The standard InChI is InChI=1S/C19H29BrN2O3S/c1-14(2)13-21-26(24,25)16-10-11-18(20)17(12-16)19(23)22-15-8-6-4-3-5-7-9-15/h10-12,14-15,21H,3-9,13H2,1-2H3,(H,22,23). The fourth-order valence-electron chi connectivity index (χ4n) is 3.07. The number of rotatable bonds is 6. The Morgan fingerprint density at radius 3 is 2.38 bits per heavy atom. The molecule has 1 fully saturated rings. The number of halogens is 1. The summed E-state index contributed by atoms with van der Waals surface area (Å²) >= 11 is 3.38. The van der Waals surface area contributed by atoms with E-state index < -0.39 is 10.0 Å². The van der Waals surface area contributed by atoms with Gasteiger partial charge in [-0.15, -0.1) is 0 Å². The molecule has 1 saturated carbocycles. The average Bonchev–Trinajstić information content (AvgIpc) is 2.55. The summed E-state index contributed by atoms with van der Waals surface area (Å²) in [6, 6.07) is 4.75. The molecular weight excluding hydrogens is 416 g/mol. The first-order chi connectivity index (χ1) is 12.3. The number of hydrogen-bond donors (Lipinski definition) is 2. The van der Waals surface area contributed by atoms with Gasteiger partial charge in [0.15, 0.2) is 0 Å². The van der Waals surface area contributed by atoms with Crippen molar-refractivity contribution in [2.45, 2.75) is 69.7 Å². The fourth-order valence-corrected chi connectivity index (χ4v) is 4.74. The third-order valence-electron chi connectivity index (χ3n) is 4.61. The van der Waals surface area contributed by atoms with Crippen LogP contribution in [-0.4, -0.2) is 26.9 Å². The van der Waals surface area contributed by atoms with Crippen molar-refractivity contribution in [1.29, 1.82) is 0 Å². The summed E-state index contributed by atoms with van der Waals surface area (Å²) in [4.78, 5) is 12.8. The van der Waals surface area contributed by atoms with E-state index in [-0.39, 0.29) is 22.8 Å². The minimum absolute atomic E-state index is 0.115. The van der Waals surface area contributed by atoms with Crippen LogP contribution >= 0.6 is 15.9 Å². The van der Waals surface area contributed by atoms with Crippen molar-refractivity contribution in [2.75, 3.05) is 6.54 Å². The summed E-state index contributed by atoms with van der Waals surface area (Å²) in [6.45, 7) is 4.25. The van der Waals surface area contributed by atoms with Crippen molar-refractivity contribution < 1.29 is 13.2 Å². The van der Waals surface area contributed by atoms with E-state index in [1.165, 1.54) is 31.4 Å². The van der Waals surface area contributed by atoms with Crippen molar-refractivity contribution in [2.24, 2.45) is 5.92 Å². The van der Waals surface area contributed by atoms with E-state index in [1.807, 2.05) is 13.8 Å². The summed E-state index contributed by atoms with van der Waals surface area (Å²) in [5.41, 5.74) is 0.361. The Kier molecular flexibility index (Phi) is 8.10. The Balaban J connectivity index is 2.13. The fraction of sp³-hybridized carbons (Fsp3) is 0.632. The van der Waals surface area contributed by atoms with Crippen LogP contribution in [0.3, 0.4) is 0 Å². The van der Waals surface area contributed by atoms with Gasteiger partial charge in [0, 0.05) is 17.1 Å². The number of amides is 1. The quantitative estimate of drug-likeness (QED) is 0.688. The van der Waals surface area contributed by atoms with Gasteiger partial charge >= 0.3 is 0 Å². The molecule has 1 aliphatic carbocycles. The summed E-state index contributed by atoms with van der Waals surface area (Å²) in [5, 5.41) is 3.09. The first-order valence-electron chi connectivity index (χ1n) is 9.39. The molecule has 26 heavy (non-hydrogen) atoms. The Labute approximate surface area is 165 Å². The van der Waals surface area contributed by atoms with Gasteiger partial charge in [0.25, 0.3) is 5.91 Å². The van der Waals surface area contributed by atoms with Crippen LogP contribution in [0.4, 0.5) is 0 Å². The second kappa shape index (κ2) is 9.85. The highest BCUT2D eigenvalue weighted by Crippen LogP contribution is 2.23. The van der Waals surface area contributed by atoms with E-state index in [4.69, 9.17) is 0 Å². The second-order valence-corrected chi connectivity index (χ2v) is 10.0. The van der Waals surface area contributed by atoms with E-state index >= 15 is 0 Å². The zero-order valence-corrected chi connectivity index (χ0v) is 18.0. The van der Waals surface area contributed by atoms with Gasteiger partial charge in [0.1, 0.15) is 0 Å². The highest BCUT2D eigenvalue weighted by Gasteiger charge is 2.21. The van der Waals surface area contributed by atoms with E-state index in [0.29, 0.717) is 16.6 Å². The van der Waals surface area contributed by atoms with Crippen LogP contribution < -0.4 is 10.0 Å². The van der Waals surface area contributed by atoms with Crippen LogP contribution in [0.15, 0.2) is 27.6 Å². The molecule has 2 rings (SSSR count). The van der Waals surface area contributed by atoms with Crippen LogP contribution in [0.25, 0.3) is 0 Å². The smallest absolute Gasteiger partial charge is 0.252 e. The molecule has 0 bridgehead atoms. The van der Waals surface area contributed by atoms with Gasteiger partial charge in [-0.1, -0.05) is 46.0 Å². The minimum Gasteiger partial charge on any atom is -0.349 e. The normalized spacial score (nSPS) is 16.9. The monoisotopic (exact) mass is 444 g/mol. The van der Waals surface area contributed by atoms with Crippen molar-refractivity contribution >= 4 is 31.9 Å². The molecule has 0 aliphatic heterocycles. The van der Waals surface area contributed by atoms with Gasteiger partial charge in [0.2, 0.25) is 10.0 Å². The van der Waals surface area contributed by atoms with Crippen LogP contribution in [0.1, 0.15) is 69.2 Å². The molecule has 0 saturated heterocycles. The highest BCUT2D eigenvalue weighted by molar-refractivity contribution is 9.10. The SMILES string of the molecule is CC(C)CNS(=O)(=O)c1ccc(Br)c(C(=O)NC2CCCCCCC2)c1. The predicted octanol–water partition coefficient (Wildman–Crippen LogP) is 4.23. The molecule has 5 nitrogen and oxygen atoms in total. The molecule has 7 heteroatoms. The van der Waals surface area contributed by atoms with Gasteiger partial charge in [-0.05, 0) is 52.9 Å². The van der Waals surface area contributed by atoms with E-state index in [1.54, 1.807) is 6.07 Å². The molecule has 1 aliphatic rings.